The molecule has 0 radical (unpaired) electrons. The van der Waals surface area contributed by atoms with Crippen molar-refractivity contribution in [2.45, 2.75) is 13.5 Å². The van der Waals surface area contributed by atoms with Gasteiger partial charge in [-0.05, 0) is 42.8 Å². The summed E-state index contributed by atoms with van der Waals surface area (Å²) in [5.41, 5.74) is 8.62. The van der Waals surface area contributed by atoms with Gasteiger partial charge in [-0.25, -0.2) is 0 Å². The molecule has 0 saturated heterocycles. The third-order valence-corrected chi connectivity index (χ3v) is 4.02. The number of halogens is 1. The van der Waals surface area contributed by atoms with Gasteiger partial charge in [0.1, 0.15) is 17.1 Å². The molecule has 102 valence electrons. The predicted molar refractivity (Wildman–Crippen MR) is 82.0 cm³/mol. The number of hydrogen-bond acceptors (Lipinski definition) is 3. The number of aryl methyl sites for hydroxylation is 1. The first-order valence-electron chi connectivity index (χ1n) is 6.29. The Labute approximate surface area is 125 Å². The molecule has 0 unspecified atom stereocenters. The van der Waals surface area contributed by atoms with E-state index in [4.69, 9.17) is 10.5 Å². The molecule has 0 spiro atoms. The van der Waals surface area contributed by atoms with Crippen molar-refractivity contribution in [3.8, 4) is 11.6 Å². The third kappa shape index (κ3) is 2.30. The van der Waals surface area contributed by atoms with E-state index in [9.17, 15) is 0 Å². The fraction of sp³-hybridized carbons (Fsp3) is 0.133. The summed E-state index contributed by atoms with van der Waals surface area (Å²) in [6.45, 7) is 2.39. The number of nitrogens with two attached hydrogens (primary N) is 1. The van der Waals surface area contributed by atoms with Crippen LogP contribution in [0.3, 0.4) is 0 Å². The molecular weight excluding hydrogens is 318 g/mol. The number of benzene rings is 1. The highest BCUT2D eigenvalue weighted by molar-refractivity contribution is 9.10. The van der Waals surface area contributed by atoms with Gasteiger partial charge in [-0.2, -0.15) is 4.98 Å². The Morgan fingerprint density at radius 1 is 1.30 bits per heavy atom. The zero-order chi connectivity index (χ0) is 14.1. The van der Waals surface area contributed by atoms with Gasteiger partial charge in [-0.1, -0.05) is 22.0 Å². The molecule has 0 fully saturated rings. The van der Waals surface area contributed by atoms with E-state index in [0.29, 0.717) is 12.4 Å². The van der Waals surface area contributed by atoms with E-state index in [1.165, 1.54) is 0 Å². The van der Waals surface area contributed by atoms with Crippen molar-refractivity contribution >= 4 is 21.6 Å². The topological polar surface area (TPSA) is 52.5 Å². The average molecular weight is 332 g/mol. The average Bonchev–Trinajstić information content (AvgIpc) is 2.80. The summed E-state index contributed by atoms with van der Waals surface area (Å²) in [4.78, 5) is 4.48. The Balaban J connectivity index is 2.03. The van der Waals surface area contributed by atoms with E-state index in [1.54, 1.807) is 0 Å². The maximum atomic E-state index is 5.89. The summed E-state index contributed by atoms with van der Waals surface area (Å²) in [7, 11) is 0. The van der Waals surface area contributed by atoms with Gasteiger partial charge in [-0.15, -0.1) is 0 Å². The van der Waals surface area contributed by atoms with Crippen LogP contribution in [0.5, 0.6) is 11.6 Å². The van der Waals surface area contributed by atoms with Crippen LogP contribution in [0.25, 0.3) is 5.65 Å². The van der Waals surface area contributed by atoms with Gasteiger partial charge in [-0.3, -0.25) is 4.40 Å². The first kappa shape index (κ1) is 13.1. The molecule has 4 nitrogen and oxygen atoms in total. The van der Waals surface area contributed by atoms with Crippen molar-refractivity contribution in [2.24, 2.45) is 5.73 Å². The van der Waals surface area contributed by atoms with Crippen molar-refractivity contribution in [2.75, 3.05) is 0 Å². The summed E-state index contributed by atoms with van der Waals surface area (Å²) in [6, 6.07) is 11.6. The lowest BCUT2D eigenvalue weighted by molar-refractivity contribution is 0.459. The van der Waals surface area contributed by atoms with Crippen molar-refractivity contribution in [3.63, 3.8) is 0 Å². The van der Waals surface area contributed by atoms with Crippen molar-refractivity contribution < 1.29 is 4.74 Å². The molecule has 5 heteroatoms. The summed E-state index contributed by atoms with van der Waals surface area (Å²) >= 11 is 3.48. The lowest BCUT2D eigenvalue weighted by Crippen LogP contribution is -2.02. The fourth-order valence-electron chi connectivity index (χ4n) is 2.08. The van der Waals surface area contributed by atoms with Crippen LogP contribution in [0.2, 0.25) is 0 Å². The van der Waals surface area contributed by atoms with E-state index in [2.05, 4.69) is 20.9 Å². The van der Waals surface area contributed by atoms with Crippen LogP contribution < -0.4 is 10.5 Å². The van der Waals surface area contributed by atoms with Crippen molar-refractivity contribution in [1.82, 2.24) is 9.38 Å². The normalized spacial score (nSPS) is 10.9. The summed E-state index contributed by atoms with van der Waals surface area (Å²) in [5.74, 6) is 1.31. The molecule has 0 saturated carbocycles. The molecule has 20 heavy (non-hydrogen) atoms. The molecule has 3 rings (SSSR count). The maximum Gasteiger partial charge on any atom is 0.242 e. The number of hydrogen-bond donors (Lipinski definition) is 1. The molecule has 0 aliphatic heterocycles. The first-order valence-corrected chi connectivity index (χ1v) is 7.08. The monoisotopic (exact) mass is 331 g/mol. The summed E-state index contributed by atoms with van der Waals surface area (Å²) in [5, 5.41) is 0. The number of pyridine rings is 1. The van der Waals surface area contributed by atoms with Crippen molar-refractivity contribution in [1.29, 1.82) is 0 Å². The molecule has 0 aliphatic carbocycles. The maximum absolute atomic E-state index is 5.89. The Hall–Kier alpha value is -1.85. The highest BCUT2D eigenvalue weighted by atomic mass is 79.9. The quantitative estimate of drug-likeness (QED) is 0.796. The zero-order valence-electron chi connectivity index (χ0n) is 11.0. The largest absolute Gasteiger partial charge is 0.437 e. The van der Waals surface area contributed by atoms with Crippen LogP contribution in [0.1, 0.15) is 11.3 Å². The molecule has 0 bridgehead atoms. The smallest absolute Gasteiger partial charge is 0.242 e. The molecular formula is C15H14BrN3O. The summed E-state index contributed by atoms with van der Waals surface area (Å²) < 4.78 is 8.89. The van der Waals surface area contributed by atoms with Crippen LogP contribution in [-0.2, 0) is 6.54 Å². The molecule has 0 aliphatic rings. The number of ether oxygens (including phenoxy) is 1. The third-order valence-electron chi connectivity index (χ3n) is 3.13. The highest BCUT2D eigenvalue weighted by Crippen LogP contribution is 2.28. The van der Waals surface area contributed by atoms with E-state index >= 15 is 0 Å². The number of aromatic nitrogens is 2. The van der Waals surface area contributed by atoms with Gasteiger partial charge in [0, 0.05) is 17.2 Å². The van der Waals surface area contributed by atoms with Crippen LogP contribution in [0.15, 0.2) is 47.1 Å². The van der Waals surface area contributed by atoms with Crippen LogP contribution in [0.4, 0.5) is 0 Å². The highest BCUT2D eigenvalue weighted by Gasteiger charge is 2.12. The minimum Gasteiger partial charge on any atom is -0.437 e. The first-order chi connectivity index (χ1) is 9.69. The fourth-order valence-corrected chi connectivity index (χ4v) is 2.33. The molecule has 0 amide bonds. The molecule has 1 aromatic carbocycles. The number of rotatable bonds is 3. The van der Waals surface area contributed by atoms with Gasteiger partial charge >= 0.3 is 0 Å². The Morgan fingerprint density at radius 3 is 2.90 bits per heavy atom. The Bertz CT molecular complexity index is 767. The van der Waals surface area contributed by atoms with Gasteiger partial charge in [0.15, 0.2) is 0 Å². The molecule has 0 atom stereocenters. The van der Waals surface area contributed by atoms with Gasteiger partial charge in [0.2, 0.25) is 5.88 Å². The van der Waals surface area contributed by atoms with E-state index in [0.717, 1.165) is 27.1 Å². The van der Waals surface area contributed by atoms with Gasteiger partial charge in [0.05, 0.1) is 0 Å². The second-order valence-electron chi connectivity index (χ2n) is 4.51. The Morgan fingerprint density at radius 2 is 2.15 bits per heavy atom. The van der Waals surface area contributed by atoms with Crippen LogP contribution in [-0.4, -0.2) is 9.38 Å². The van der Waals surface area contributed by atoms with Gasteiger partial charge < -0.3 is 10.5 Å². The Kier molecular flexibility index (Phi) is 3.46. The van der Waals surface area contributed by atoms with E-state index in [-0.39, 0.29) is 0 Å². The molecule has 2 aromatic heterocycles. The standard InChI is InChI=1S/C15H14BrN3O/c1-10-8-11(5-6-12(10)16)20-15-13(9-17)19-7-3-2-4-14(19)18-15/h2-8H,9,17H2,1H3. The second-order valence-corrected chi connectivity index (χ2v) is 5.36. The number of fused-ring (bicyclic) bond motifs is 1. The number of imidazole rings is 1. The molecule has 3 aromatic rings. The van der Waals surface area contributed by atoms with Crippen molar-refractivity contribution in [3.05, 3.63) is 58.3 Å². The minimum absolute atomic E-state index is 0.371. The molecule has 2 heterocycles. The second kappa shape index (κ2) is 5.26. The van der Waals surface area contributed by atoms with Crippen LogP contribution >= 0.6 is 15.9 Å². The number of nitrogens with zero attached hydrogens (tertiary/aromatic N) is 2. The van der Waals surface area contributed by atoms with Gasteiger partial charge in [0.25, 0.3) is 0 Å². The predicted octanol–water partition coefficient (Wildman–Crippen LogP) is 3.66. The minimum atomic E-state index is 0.371. The molecule has 2 N–H and O–H groups in total. The SMILES string of the molecule is Cc1cc(Oc2nc3ccccn3c2CN)ccc1Br. The summed E-state index contributed by atoms with van der Waals surface area (Å²) in [6.07, 6.45) is 1.93. The zero-order valence-corrected chi connectivity index (χ0v) is 12.6. The van der Waals surface area contributed by atoms with Crippen LogP contribution in [0, 0.1) is 6.92 Å². The van der Waals surface area contributed by atoms with E-state index < -0.39 is 0 Å². The lowest BCUT2D eigenvalue weighted by atomic mass is 10.2. The van der Waals surface area contributed by atoms with E-state index in [1.807, 2.05) is 53.9 Å². The lowest BCUT2D eigenvalue weighted by Gasteiger charge is -2.06.